The molecule has 1 aliphatic heterocycles. The quantitative estimate of drug-likeness (QED) is 0.788. The smallest absolute Gasteiger partial charge is 0.327 e. The standard InChI is InChI=1S/C19H25ClN2O4/c1-4-21-18(23)14-9-16(25-2)17(26-3)10-15(14)22(19(21)24)11-12-5-7-13(20)8-6-12/h5-8,14-17H,4,9-11H2,1-3H3. The zero-order chi connectivity index (χ0) is 18.8. The number of ether oxygens (including phenoxy) is 2. The number of imide groups is 1. The summed E-state index contributed by atoms with van der Waals surface area (Å²) in [5, 5.41) is 0.655. The van der Waals surface area contributed by atoms with Crippen LogP contribution in [0.3, 0.4) is 0 Å². The van der Waals surface area contributed by atoms with Gasteiger partial charge in [0.05, 0.1) is 18.1 Å². The number of hydrogen-bond acceptors (Lipinski definition) is 4. The summed E-state index contributed by atoms with van der Waals surface area (Å²) in [6.45, 7) is 2.63. The highest BCUT2D eigenvalue weighted by atomic mass is 35.5. The van der Waals surface area contributed by atoms with Crippen LogP contribution in [0.1, 0.15) is 25.3 Å². The summed E-state index contributed by atoms with van der Waals surface area (Å²) in [7, 11) is 3.28. The number of hydrogen-bond donors (Lipinski definition) is 0. The van der Waals surface area contributed by atoms with Gasteiger partial charge in [-0.25, -0.2) is 4.79 Å². The number of nitrogens with zero attached hydrogens (tertiary/aromatic N) is 2. The van der Waals surface area contributed by atoms with Crippen molar-refractivity contribution in [3.8, 4) is 0 Å². The van der Waals surface area contributed by atoms with E-state index in [4.69, 9.17) is 21.1 Å². The van der Waals surface area contributed by atoms with Crippen molar-refractivity contribution < 1.29 is 19.1 Å². The maximum atomic E-state index is 13.0. The fourth-order valence-corrected chi connectivity index (χ4v) is 4.20. The molecule has 26 heavy (non-hydrogen) atoms. The number of fused-ring (bicyclic) bond motifs is 1. The van der Waals surface area contributed by atoms with Crippen molar-refractivity contribution in [2.75, 3.05) is 20.8 Å². The van der Waals surface area contributed by atoms with Gasteiger partial charge in [0.15, 0.2) is 0 Å². The Morgan fingerprint density at radius 2 is 1.69 bits per heavy atom. The first-order valence-electron chi connectivity index (χ1n) is 8.92. The third kappa shape index (κ3) is 3.46. The van der Waals surface area contributed by atoms with Crippen LogP contribution in [-0.2, 0) is 20.8 Å². The zero-order valence-electron chi connectivity index (χ0n) is 15.4. The van der Waals surface area contributed by atoms with Gasteiger partial charge in [0, 0.05) is 38.4 Å². The summed E-state index contributed by atoms with van der Waals surface area (Å²) in [5.74, 6) is -0.372. The van der Waals surface area contributed by atoms with E-state index in [0.29, 0.717) is 31.0 Å². The summed E-state index contributed by atoms with van der Waals surface area (Å²) in [6, 6.07) is 7.01. The van der Waals surface area contributed by atoms with Crippen molar-refractivity contribution in [3.63, 3.8) is 0 Å². The molecule has 4 atom stereocenters. The highest BCUT2D eigenvalue weighted by Crippen LogP contribution is 2.37. The normalized spacial score (nSPS) is 29.1. The third-order valence-corrected chi connectivity index (χ3v) is 5.74. The molecule has 0 aromatic heterocycles. The first-order chi connectivity index (χ1) is 12.5. The second kappa shape index (κ2) is 7.94. The Morgan fingerprint density at radius 3 is 2.27 bits per heavy atom. The number of methoxy groups -OCH3 is 2. The van der Waals surface area contributed by atoms with Gasteiger partial charge in [0.2, 0.25) is 5.91 Å². The summed E-state index contributed by atoms with van der Waals surface area (Å²) < 4.78 is 11.1. The van der Waals surface area contributed by atoms with Gasteiger partial charge >= 0.3 is 6.03 Å². The van der Waals surface area contributed by atoms with Gasteiger partial charge in [-0.15, -0.1) is 0 Å². The van der Waals surface area contributed by atoms with Crippen molar-refractivity contribution >= 4 is 23.5 Å². The van der Waals surface area contributed by atoms with Crippen LogP contribution in [0.15, 0.2) is 24.3 Å². The lowest BCUT2D eigenvalue weighted by molar-refractivity contribution is -0.151. The van der Waals surface area contributed by atoms with Crippen LogP contribution in [-0.4, -0.2) is 60.8 Å². The minimum atomic E-state index is -0.267. The van der Waals surface area contributed by atoms with E-state index in [1.54, 1.807) is 19.1 Å². The molecule has 0 N–H and O–H groups in total. The maximum absolute atomic E-state index is 13.0. The molecular weight excluding hydrogens is 356 g/mol. The van der Waals surface area contributed by atoms with Crippen molar-refractivity contribution in [2.24, 2.45) is 5.92 Å². The number of urea groups is 1. The summed E-state index contributed by atoms with van der Waals surface area (Å²) in [4.78, 5) is 29.0. The highest BCUT2D eigenvalue weighted by Gasteiger charge is 2.51. The molecule has 1 aliphatic carbocycles. The molecule has 1 aromatic rings. The van der Waals surface area contributed by atoms with Crippen molar-refractivity contribution in [1.82, 2.24) is 9.80 Å². The van der Waals surface area contributed by atoms with Crippen LogP contribution < -0.4 is 0 Å². The van der Waals surface area contributed by atoms with Gasteiger partial charge in [-0.1, -0.05) is 23.7 Å². The Morgan fingerprint density at radius 1 is 1.08 bits per heavy atom. The Balaban J connectivity index is 1.91. The summed E-state index contributed by atoms with van der Waals surface area (Å²) in [6.07, 6.45) is 0.860. The minimum absolute atomic E-state index is 0.105. The average Bonchev–Trinajstić information content (AvgIpc) is 2.66. The van der Waals surface area contributed by atoms with Gasteiger partial charge < -0.3 is 14.4 Å². The molecule has 3 amide bonds. The largest absolute Gasteiger partial charge is 0.379 e. The predicted molar refractivity (Wildman–Crippen MR) is 97.9 cm³/mol. The van der Waals surface area contributed by atoms with E-state index in [-0.39, 0.29) is 36.1 Å². The number of rotatable bonds is 5. The molecule has 0 radical (unpaired) electrons. The van der Waals surface area contributed by atoms with Crippen molar-refractivity contribution in [2.45, 2.75) is 44.6 Å². The Kier molecular flexibility index (Phi) is 5.85. The van der Waals surface area contributed by atoms with Crippen molar-refractivity contribution in [1.29, 1.82) is 0 Å². The van der Waals surface area contributed by atoms with E-state index in [0.717, 1.165) is 5.56 Å². The van der Waals surface area contributed by atoms with Gasteiger partial charge in [0.25, 0.3) is 0 Å². The zero-order valence-corrected chi connectivity index (χ0v) is 16.1. The van der Waals surface area contributed by atoms with E-state index >= 15 is 0 Å². The van der Waals surface area contributed by atoms with Gasteiger partial charge in [0.1, 0.15) is 0 Å². The fourth-order valence-electron chi connectivity index (χ4n) is 4.07. The molecule has 3 rings (SSSR count). The second-order valence-corrected chi connectivity index (χ2v) is 7.25. The number of halogens is 1. The number of amides is 3. The summed E-state index contributed by atoms with van der Waals surface area (Å²) >= 11 is 5.96. The van der Waals surface area contributed by atoms with E-state index in [2.05, 4.69) is 0 Å². The van der Waals surface area contributed by atoms with Gasteiger partial charge in [-0.05, 0) is 37.5 Å². The van der Waals surface area contributed by atoms with Gasteiger partial charge in [-0.2, -0.15) is 0 Å². The molecule has 1 saturated carbocycles. The molecule has 1 heterocycles. The van der Waals surface area contributed by atoms with Crippen LogP contribution in [0.5, 0.6) is 0 Å². The van der Waals surface area contributed by atoms with Crippen LogP contribution in [0.2, 0.25) is 5.02 Å². The number of carbonyl (C=O) groups excluding carboxylic acids is 2. The van der Waals surface area contributed by atoms with E-state index < -0.39 is 0 Å². The molecular formula is C19H25ClN2O4. The molecule has 0 bridgehead atoms. The molecule has 4 unspecified atom stereocenters. The molecule has 2 fully saturated rings. The topological polar surface area (TPSA) is 59.1 Å². The molecule has 142 valence electrons. The first kappa shape index (κ1) is 19.1. The van der Waals surface area contributed by atoms with Crippen LogP contribution in [0.4, 0.5) is 4.79 Å². The molecule has 2 aliphatic rings. The maximum Gasteiger partial charge on any atom is 0.327 e. The Bertz CT molecular complexity index is 666. The van der Waals surface area contributed by atoms with Crippen LogP contribution in [0.25, 0.3) is 0 Å². The molecule has 6 nitrogen and oxygen atoms in total. The highest BCUT2D eigenvalue weighted by molar-refractivity contribution is 6.30. The summed E-state index contributed by atoms with van der Waals surface area (Å²) in [5.41, 5.74) is 0.981. The second-order valence-electron chi connectivity index (χ2n) is 6.81. The van der Waals surface area contributed by atoms with E-state index in [9.17, 15) is 9.59 Å². The fraction of sp³-hybridized carbons (Fsp3) is 0.579. The van der Waals surface area contributed by atoms with Gasteiger partial charge in [-0.3, -0.25) is 9.69 Å². The van der Waals surface area contributed by atoms with Crippen LogP contribution in [0, 0.1) is 5.92 Å². The van der Waals surface area contributed by atoms with Crippen molar-refractivity contribution in [3.05, 3.63) is 34.9 Å². The number of carbonyl (C=O) groups is 2. The van der Waals surface area contributed by atoms with Crippen LogP contribution >= 0.6 is 11.6 Å². The average molecular weight is 381 g/mol. The predicted octanol–water partition coefficient (Wildman–Crippen LogP) is 2.93. The lowest BCUT2D eigenvalue weighted by Gasteiger charge is -2.49. The lowest BCUT2D eigenvalue weighted by atomic mass is 9.78. The molecule has 7 heteroatoms. The first-order valence-corrected chi connectivity index (χ1v) is 9.29. The van der Waals surface area contributed by atoms with E-state index in [1.165, 1.54) is 4.90 Å². The minimum Gasteiger partial charge on any atom is -0.379 e. The number of benzene rings is 1. The monoisotopic (exact) mass is 380 g/mol. The Labute approximate surface area is 159 Å². The lowest BCUT2D eigenvalue weighted by Crippen LogP contribution is -2.65. The SMILES string of the molecule is CCN1C(=O)C2CC(OC)C(OC)CC2N(Cc2ccc(Cl)cc2)C1=O. The van der Waals surface area contributed by atoms with E-state index in [1.807, 2.05) is 31.2 Å². The molecule has 1 aromatic carbocycles. The Hall–Kier alpha value is -1.63. The third-order valence-electron chi connectivity index (χ3n) is 5.49. The molecule has 1 saturated heterocycles. The molecule has 0 spiro atoms.